The van der Waals surface area contributed by atoms with Crippen LogP contribution in [0.5, 0.6) is 0 Å². The molecule has 0 spiro atoms. The van der Waals surface area contributed by atoms with E-state index in [-0.39, 0.29) is 11.8 Å². The molecule has 1 N–H and O–H groups in total. The van der Waals surface area contributed by atoms with Gasteiger partial charge in [0.15, 0.2) is 5.82 Å². The zero-order chi connectivity index (χ0) is 14.1. The van der Waals surface area contributed by atoms with Crippen molar-refractivity contribution in [2.75, 3.05) is 5.32 Å². The summed E-state index contributed by atoms with van der Waals surface area (Å²) in [4.78, 5) is 11.6. The molecular formula is C14H17N5O. The van der Waals surface area contributed by atoms with Gasteiger partial charge in [0.2, 0.25) is 5.91 Å². The summed E-state index contributed by atoms with van der Waals surface area (Å²) in [6.07, 6.45) is 2.28. The van der Waals surface area contributed by atoms with Gasteiger partial charge >= 0.3 is 0 Å². The fourth-order valence-corrected chi connectivity index (χ4v) is 1.94. The van der Waals surface area contributed by atoms with Crippen LogP contribution < -0.4 is 5.32 Å². The highest BCUT2D eigenvalue weighted by molar-refractivity contribution is 5.92. The lowest BCUT2D eigenvalue weighted by molar-refractivity contribution is -0.118. The maximum absolute atomic E-state index is 11.6. The van der Waals surface area contributed by atoms with Gasteiger partial charge in [-0.3, -0.25) is 4.79 Å². The van der Waals surface area contributed by atoms with E-state index < -0.39 is 0 Å². The van der Waals surface area contributed by atoms with Gasteiger partial charge in [0.1, 0.15) is 0 Å². The molecule has 0 unspecified atom stereocenters. The number of anilines is 1. The van der Waals surface area contributed by atoms with Crippen LogP contribution in [0.25, 0.3) is 11.4 Å². The number of nitrogens with one attached hydrogen (secondary N) is 1. The average Bonchev–Trinajstić information content (AvgIpc) is 3.17. The SMILES string of the molecule is CC(C)C(=O)Nc1ccc(-c2nnnn2C2CC2)cc1. The largest absolute Gasteiger partial charge is 0.326 e. The van der Waals surface area contributed by atoms with Crippen LogP contribution in [-0.2, 0) is 4.79 Å². The Morgan fingerprint density at radius 1 is 1.30 bits per heavy atom. The molecule has 0 saturated heterocycles. The second-order valence-corrected chi connectivity index (χ2v) is 5.40. The van der Waals surface area contributed by atoms with Crippen LogP contribution >= 0.6 is 0 Å². The molecule has 20 heavy (non-hydrogen) atoms. The van der Waals surface area contributed by atoms with E-state index in [2.05, 4.69) is 20.8 Å². The summed E-state index contributed by atoms with van der Waals surface area (Å²) in [5.74, 6) is 0.770. The lowest BCUT2D eigenvalue weighted by Gasteiger charge is -2.08. The number of hydrogen-bond donors (Lipinski definition) is 1. The first-order chi connectivity index (χ1) is 9.65. The minimum Gasteiger partial charge on any atom is -0.326 e. The van der Waals surface area contributed by atoms with Gasteiger partial charge < -0.3 is 5.32 Å². The average molecular weight is 271 g/mol. The van der Waals surface area contributed by atoms with Crippen molar-refractivity contribution >= 4 is 11.6 Å². The van der Waals surface area contributed by atoms with Crippen molar-refractivity contribution in [1.29, 1.82) is 0 Å². The summed E-state index contributed by atoms with van der Waals surface area (Å²) < 4.78 is 1.88. The van der Waals surface area contributed by atoms with E-state index in [0.29, 0.717) is 6.04 Å². The number of aromatic nitrogens is 4. The van der Waals surface area contributed by atoms with Crippen LogP contribution in [0.4, 0.5) is 5.69 Å². The standard InChI is InChI=1S/C14H17N5O/c1-9(2)14(20)15-11-5-3-10(4-6-11)13-16-17-18-19(13)12-7-8-12/h3-6,9,12H,7-8H2,1-2H3,(H,15,20). The van der Waals surface area contributed by atoms with Crippen molar-refractivity contribution in [1.82, 2.24) is 20.2 Å². The van der Waals surface area contributed by atoms with Crippen molar-refractivity contribution in [2.45, 2.75) is 32.7 Å². The lowest BCUT2D eigenvalue weighted by atomic mass is 10.1. The molecule has 1 fully saturated rings. The van der Waals surface area contributed by atoms with Gasteiger partial charge in [0.25, 0.3) is 0 Å². The number of carbonyl (C=O) groups is 1. The highest BCUT2D eigenvalue weighted by atomic mass is 16.1. The summed E-state index contributed by atoms with van der Waals surface area (Å²) in [7, 11) is 0. The van der Waals surface area contributed by atoms with Crippen molar-refractivity contribution in [3.63, 3.8) is 0 Å². The van der Waals surface area contributed by atoms with E-state index in [4.69, 9.17) is 0 Å². The topological polar surface area (TPSA) is 72.7 Å². The molecule has 1 aliphatic rings. The predicted octanol–water partition coefficient (Wildman–Crippen LogP) is 2.27. The maximum atomic E-state index is 11.6. The van der Waals surface area contributed by atoms with Gasteiger partial charge in [-0.1, -0.05) is 13.8 Å². The third-order valence-corrected chi connectivity index (χ3v) is 3.32. The van der Waals surface area contributed by atoms with Crippen LogP contribution in [0.2, 0.25) is 0 Å². The highest BCUT2D eigenvalue weighted by Gasteiger charge is 2.28. The Labute approximate surface area is 117 Å². The van der Waals surface area contributed by atoms with E-state index in [1.54, 1.807) is 0 Å². The summed E-state index contributed by atoms with van der Waals surface area (Å²) in [6, 6.07) is 8.06. The van der Waals surface area contributed by atoms with E-state index in [9.17, 15) is 4.79 Å². The van der Waals surface area contributed by atoms with Crippen molar-refractivity contribution in [2.24, 2.45) is 5.92 Å². The lowest BCUT2D eigenvalue weighted by Crippen LogP contribution is -2.17. The Morgan fingerprint density at radius 2 is 2.00 bits per heavy atom. The molecule has 0 bridgehead atoms. The third-order valence-electron chi connectivity index (χ3n) is 3.32. The van der Waals surface area contributed by atoms with Crippen LogP contribution in [0.3, 0.4) is 0 Å². The monoisotopic (exact) mass is 271 g/mol. The van der Waals surface area contributed by atoms with E-state index in [0.717, 1.165) is 29.9 Å². The molecule has 1 saturated carbocycles. The molecule has 6 nitrogen and oxygen atoms in total. The smallest absolute Gasteiger partial charge is 0.226 e. The minimum atomic E-state index is -0.0307. The van der Waals surface area contributed by atoms with Crippen molar-refractivity contribution in [3.05, 3.63) is 24.3 Å². The van der Waals surface area contributed by atoms with Crippen LogP contribution in [0.1, 0.15) is 32.7 Å². The fraction of sp³-hybridized carbons (Fsp3) is 0.429. The zero-order valence-electron chi connectivity index (χ0n) is 11.6. The molecule has 1 heterocycles. The maximum Gasteiger partial charge on any atom is 0.226 e. The van der Waals surface area contributed by atoms with E-state index in [1.165, 1.54) is 0 Å². The summed E-state index contributed by atoms with van der Waals surface area (Å²) in [5, 5.41) is 14.7. The number of rotatable bonds is 4. The Bertz CT molecular complexity index is 613. The van der Waals surface area contributed by atoms with Crippen LogP contribution in [0, 0.1) is 5.92 Å². The Kier molecular flexibility index (Phi) is 3.22. The van der Waals surface area contributed by atoms with Gasteiger partial charge in [-0.15, -0.1) is 5.10 Å². The zero-order valence-corrected chi connectivity index (χ0v) is 11.6. The van der Waals surface area contributed by atoms with Crippen molar-refractivity contribution < 1.29 is 4.79 Å². The second kappa shape index (κ2) is 5.03. The molecule has 0 atom stereocenters. The highest BCUT2D eigenvalue weighted by Crippen LogP contribution is 2.36. The first-order valence-electron chi connectivity index (χ1n) is 6.84. The molecular weight excluding hydrogens is 254 g/mol. The molecule has 1 aromatic carbocycles. The number of amides is 1. The number of benzene rings is 1. The quantitative estimate of drug-likeness (QED) is 0.925. The molecule has 0 aliphatic heterocycles. The Morgan fingerprint density at radius 3 is 2.60 bits per heavy atom. The molecule has 6 heteroatoms. The number of hydrogen-bond acceptors (Lipinski definition) is 4. The van der Waals surface area contributed by atoms with E-state index in [1.807, 2.05) is 42.8 Å². The molecule has 2 aromatic rings. The molecule has 104 valence electrons. The molecule has 1 aliphatic carbocycles. The molecule has 1 aromatic heterocycles. The Balaban J connectivity index is 1.79. The van der Waals surface area contributed by atoms with Gasteiger partial charge in [0.05, 0.1) is 6.04 Å². The normalized spacial score (nSPS) is 14.6. The van der Waals surface area contributed by atoms with Gasteiger partial charge in [-0.05, 0) is 47.5 Å². The van der Waals surface area contributed by atoms with Crippen LogP contribution in [-0.4, -0.2) is 26.1 Å². The summed E-state index contributed by atoms with van der Waals surface area (Å²) >= 11 is 0. The van der Waals surface area contributed by atoms with Gasteiger partial charge in [-0.2, -0.15) is 0 Å². The summed E-state index contributed by atoms with van der Waals surface area (Å²) in [6.45, 7) is 3.74. The number of tetrazole rings is 1. The molecule has 3 rings (SSSR count). The molecule has 1 amide bonds. The first kappa shape index (κ1) is 12.8. The third kappa shape index (κ3) is 2.54. The predicted molar refractivity (Wildman–Crippen MR) is 75.0 cm³/mol. The second-order valence-electron chi connectivity index (χ2n) is 5.40. The molecule has 0 radical (unpaired) electrons. The number of carbonyl (C=O) groups excluding carboxylic acids is 1. The van der Waals surface area contributed by atoms with Crippen LogP contribution in [0.15, 0.2) is 24.3 Å². The fourth-order valence-electron chi connectivity index (χ4n) is 1.94. The van der Waals surface area contributed by atoms with E-state index >= 15 is 0 Å². The number of nitrogens with zero attached hydrogens (tertiary/aromatic N) is 4. The first-order valence-corrected chi connectivity index (χ1v) is 6.84. The Hall–Kier alpha value is -2.24. The van der Waals surface area contributed by atoms with Gasteiger partial charge in [0, 0.05) is 17.2 Å². The minimum absolute atomic E-state index is 0.0144. The van der Waals surface area contributed by atoms with Crippen molar-refractivity contribution in [3.8, 4) is 11.4 Å². The summed E-state index contributed by atoms with van der Waals surface area (Å²) in [5.41, 5.74) is 1.75. The van der Waals surface area contributed by atoms with Gasteiger partial charge in [-0.25, -0.2) is 4.68 Å².